The minimum absolute atomic E-state index is 0.0157. The molecule has 0 aliphatic heterocycles. The van der Waals surface area contributed by atoms with Gasteiger partial charge in [-0.3, -0.25) is 4.79 Å². The molecule has 5 aromatic rings. The van der Waals surface area contributed by atoms with Gasteiger partial charge in [0.1, 0.15) is 5.75 Å². The summed E-state index contributed by atoms with van der Waals surface area (Å²) in [6.45, 7) is 0.729. The predicted molar refractivity (Wildman–Crippen MR) is 131 cm³/mol. The molecule has 0 aliphatic carbocycles. The Kier molecular flexibility index (Phi) is 6.50. The topological polar surface area (TPSA) is 79.8 Å². The number of ether oxygens (including phenoxy) is 1. The van der Waals surface area contributed by atoms with Crippen LogP contribution in [-0.4, -0.2) is 35.7 Å². The fraction of sp³-hybridized carbons (Fsp3) is 0.154. The van der Waals surface area contributed by atoms with Crippen molar-refractivity contribution in [2.24, 2.45) is 0 Å². The van der Waals surface area contributed by atoms with Gasteiger partial charge in [-0.15, -0.1) is 13.2 Å². The van der Waals surface area contributed by atoms with Gasteiger partial charge in [-0.2, -0.15) is 24.1 Å². The Morgan fingerprint density at radius 2 is 1.74 bits per heavy atom. The first kappa shape index (κ1) is 25.8. The molecule has 0 amide bonds. The van der Waals surface area contributed by atoms with Crippen LogP contribution in [0, 0.1) is 13.8 Å². The van der Waals surface area contributed by atoms with Gasteiger partial charge in [-0.05, 0) is 55.3 Å². The molecular weight excluding hydrogens is 523 g/mol. The van der Waals surface area contributed by atoms with Gasteiger partial charge in [-0.25, -0.2) is 14.0 Å². The van der Waals surface area contributed by atoms with E-state index in [9.17, 15) is 26.7 Å². The van der Waals surface area contributed by atoms with Crippen LogP contribution in [0.1, 0.15) is 17.8 Å². The molecule has 0 saturated heterocycles. The van der Waals surface area contributed by atoms with E-state index in [0.717, 1.165) is 17.7 Å². The molecule has 0 saturated carbocycles. The summed E-state index contributed by atoms with van der Waals surface area (Å²) in [5.74, 6) is -0.438. The monoisotopic (exact) mass is 542 g/mol. The molecule has 0 spiro atoms. The first-order chi connectivity index (χ1) is 18.5. The van der Waals surface area contributed by atoms with E-state index in [1.54, 1.807) is 38.1 Å². The van der Waals surface area contributed by atoms with Crippen molar-refractivity contribution in [3.63, 3.8) is 0 Å². The van der Waals surface area contributed by atoms with Gasteiger partial charge in [0, 0.05) is 30.1 Å². The lowest BCUT2D eigenvalue weighted by Gasteiger charge is -2.13. The lowest BCUT2D eigenvalue weighted by Crippen LogP contribution is -2.17. The lowest BCUT2D eigenvalue weighted by molar-refractivity contribution is -0.274. The van der Waals surface area contributed by atoms with Crippen molar-refractivity contribution in [1.29, 1.82) is 0 Å². The van der Waals surface area contributed by atoms with Crippen LogP contribution in [0.5, 0.6) is 5.75 Å². The summed E-state index contributed by atoms with van der Waals surface area (Å²) in [6.07, 6.45) is -0.803. The van der Waals surface area contributed by atoms with E-state index in [2.05, 4.69) is 20.0 Å². The molecule has 0 unspecified atom stereocenters. The summed E-state index contributed by atoms with van der Waals surface area (Å²) in [4.78, 5) is 12.9. The first-order valence-corrected chi connectivity index (χ1v) is 11.5. The van der Waals surface area contributed by atoms with Gasteiger partial charge < -0.3 is 4.74 Å². The highest BCUT2D eigenvalue weighted by Gasteiger charge is 2.31. The second-order valence-electron chi connectivity index (χ2n) is 8.59. The summed E-state index contributed by atoms with van der Waals surface area (Å²) < 4.78 is 71.4. The van der Waals surface area contributed by atoms with E-state index >= 15 is 0 Å². The second kappa shape index (κ2) is 9.82. The molecule has 0 N–H and O–H groups in total. The van der Waals surface area contributed by atoms with Gasteiger partial charge >= 0.3 is 12.9 Å². The van der Waals surface area contributed by atoms with E-state index in [4.69, 9.17) is 0 Å². The molecule has 200 valence electrons. The number of aryl methyl sites for hydroxylation is 2. The number of alkyl halides is 5. The molecule has 13 heteroatoms. The highest BCUT2D eigenvalue weighted by atomic mass is 19.4. The van der Waals surface area contributed by atoms with Crippen LogP contribution in [0.15, 0.2) is 78.0 Å². The molecule has 0 bridgehead atoms. The maximum absolute atomic E-state index is 12.9. The van der Waals surface area contributed by atoms with Crippen LogP contribution in [0.4, 0.5) is 22.0 Å². The fourth-order valence-corrected chi connectivity index (χ4v) is 4.08. The zero-order valence-corrected chi connectivity index (χ0v) is 20.4. The van der Waals surface area contributed by atoms with E-state index in [-0.39, 0.29) is 17.1 Å². The minimum atomic E-state index is -4.87. The van der Waals surface area contributed by atoms with Crippen molar-refractivity contribution < 1.29 is 26.7 Å². The number of hydrogen-bond donors (Lipinski definition) is 0. The summed E-state index contributed by atoms with van der Waals surface area (Å²) in [5, 5.41) is 12.5. The largest absolute Gasteiger partial charge is 0.573 e. The zero-order chi connectivity index (χ0) is 27.9. The Morgan fingerprint density at radius 3 is 2.44 bits per heavy atom. The number of hydrogen-bond acceptors (Lipinski definition) is 5. The van der Waals surface area contributed by atoms with Gasteiger partial charge in [0.05, 0.1) is 29.0 Å². The van der Waals surface area contributed by atoms with Crippen LogP contribution >= 0.6 is 0 Å². The number of nitrogens with zero attached hydrogens (tertiary/aromatic N) is 6. The highest BCUT2D eigenvalue weighted by molar-refractivity contribution is 5.65. The number of halogens is 5. The van der Waals surface area contributed by atoms with Crippen molar-refractivity contribution in [2.75, 3.05) is 0 Å². The SMILES string of the molecule is Cc1cc(-c2nn(-c3ccc(-c4cnn(C(F)F)c4)cc3C)ccc2=O)n(-c2cccc(OC(F)(F)F)c2)n1. The Morgan fingerprint density at radius 1 is 0.949 bits per heavy atom. The van der Waals surface area contributed by atoms with Gasteiger partial charge in [0.2, 0.25) is 5.43 Å². The smallest absolute Gasteiger partial charge is 0.406 e. The summed E-state index contributed by atoms with van der Waals surface area (Å²) in [7, 11) is 0. The molecule has 0 radical (unpaired) electrons. The summed E-state index contributed by atoms with van der Waals surface area (Å²) in [5.41, 5.74) is 3.13. The Labute approximate surface area is 217 Å². The standard InChI is InChI=1S/C26H19F5N6O2/c1-15-10-17(18-13-32-36(14-18)25(27)28)6-7-21(15)35-9-8-23(38)24(34-35)22-11-16(2)33-37(22)19-4-3-5-20(12-19)39-26(29,30)31/h3-14,25H,1-2H3. The van der Waals surface area contributed by atoms with Crippen LogP contribution in [0.25, 0.3) is 33.9 Å². The van der Waals surface area contributed by atoms with Crippen molar-refractivity contribution in [2.45, 2.75) is 26.8 Å². The van der Waals surface area contributed by atoms with Crippen molar-refractivity contribution in [3.8, 4) is 39.6 Å². The normalized spacial score (nSPS) is 11.8. The molecule has 3 heterocycles. The second-order valence-corrected chi connectivity index (χ2v) is 8.59. The summed E-state index contributed by atoms with van der Waals surface area (Å²) in [6, 6.07) is 13.4. The zero-order valence-electron chi connectivity index (χ0n) is 20.4. The molecule has 3 aromatic heterocycles. The summed E-state index contributed by atoms with van der Waals surface area (Å²) >= 11 is 0. The Bertz CT molecular complexity index is 1720. The molecule has 0 fully saturated rings. The average molecular weight is 542 g/mol. The van der Waals surface area contributed by atoms with Crippen molar-refractivity contribution in [3.05, 3.63) is 94.7 Å². The van der Waals surface area contributed by atoms with E-state index in [0.29, 0.717) is 27.2 Å². The average Bonchev–Trinajstić information content (AvgIpc) is 3.51. The van der Waals surface area contributed by atoms with Crippen LogP contribution < -0.4 is 10.2 Å². The van der Waals surface area contributed by atoms with Gasteiger partial charge in [0.15, 0.2) is 5.69 Å². The third-order valence-corrected chi connectivity index (χ3v) is 5.76. The molecule has 39 heavy (non-hydrogen) atoms. The minimum Gasteiger partial charge on any atom is -0.406 e. The molecule has 0 aliphatic rings. The quantitative estimate of drug-likeness (QED) is 0.251. The molecular formula is C26H19F5N6O2. The lowest BCUT2D eigenvalue weighted by atomic mass is 10.1. The number of rotatable bonds is 6. The van der Waals surface area contributed by atoms with Crippen LogP contribution in [-0.2, 0) is 0 Å². The predicted octanol–water partition coefficient (Wildman–Crippen LogP) is 5.86. The molecule has 2 aromatic carbocycles. The maximum atomic E-state index is 12.9. The van der Waals surface area contributed by atoms with E-state index in [1.165, 1.54) is 46.2 Å². The van der Waals surface area contributed by atoms with Gasteiger partial charge in [0.25, 0.3) is 0 Å². The van der Waals surface area contributed by atoms with Crippen LogP contribution in [0.2, 0.25) is 0 Å². The Balaban J connectivity index is 1.54. The third-order valence-electron chi connectivity index (χ3n) is 5.76. The van der Waals surface area contributed by atoms with Crippen molar-refractivity contribution >= 4 is 0 Å². The van der Waals surface area contributed by atoms with E-state index in [1.807, 2.05) is 0 Å². The fourth-order valence-electron chi connectivity index (χ4n) is 4.08. The Hall–Kier alpha value is -4.81. The number of aromatic nitrogens is 6. The van der Waals surface area contributed by atoms with Crippen LogP contribution in [0.3, 0.4) is 0 Å². The number of benzene rings is 2. The molecule has 5 rings (SSSR count). The van der Waals surface area contributed by atoms with Crippen molar-refractivity contribution in [1.82, 2.24) is 29.3 Å². The molecule has 8 nitrogen and oxygen atoms in total. The first-order valence-electron chi connectivity index (χ1n) is 11.5. The van der Waals surface area contributed by atoms with Gasteiger partial charge in [-0.1, -0.05) is 12.1 Å². The third kappa shape index (κ3) is 5.42. The molecule has 0 atom stereocenters. The highest BCUT2D eigenvalue weighted by Crippen LogP contribution is 2.28. The van der Waals surface area contributed by atoms with E-state index < -0.39 is 24.1 Å². The maximum Gasteiger partial charge on any atom is 0.573 e.